The van der Waals surface area contributed by atoms with E-state index in [0.717, 1.165) is 0 Å². The van der Waals surface area contributed by atoms with E-state index in [1.165, 1.54) is 18.2 Å². The first-order valence-electron chi connectivity index (χ1n) is 4.89. The summed E-state index contributed by atoms with van der Waals surface area (Å²) < 4.78 is 0.523. The Morgan fingerprint density at radius 2 is 2.33 bits per heavy atom. The number of nitro groups is 1. The summed E-state index contributed by atoms with van der Waals surface area (Å²) in [6.45, 7) is 0. The van der Waals surface area contributed by atoms with Gasteiger partial charge in [-0.25, -0.2) is 0 Å². The van der Waals surface area contributed by atoms with Crippen LogP contribution in [0.1, 0.15) is 6.42 Å². The molecule has 3 N–H and O–H groups in total. The number of carbonyl (C=O) groups is 1. The van der Waals surface area contributed by atoms with E-state index in [2.05, 4.69) is 27.2 Å². The van der Waals surface area contributed by atoms with Crippen molar-refractivity contribution in [1.29, 1.82) is 0 Å². The number of nitro benzene ring substituents is 1. The highest BCUT2D eigenvalue weighted by molar-refractivity contribution is 9.10. The Morgan fingerprint density at radius 1 is 1.67 bits per heavy atom. The van der Waals surface area contributed by atoms with E-state index in [1.54, 1.807) is 0 Å². The lowest BCUT2D eigenvalue weighted by Crippen LogP contribution is -2.35. The molecular formula is C11H10BrN3O3. The predicted octanol–water partition coefficient (Wildman–Crippen LogP) is 1.65. The molecule has 1 atom stereocenters. The van der Waals surface area contributed by atoms with Crippen LogP contribution in [0.3, 0.4) is 0 Å². The first-order valence-corrected chi connectivity index (χ1v) is 5.69. The summed E-state index contributed by atoms with van der Waals surface area (Å²) >= 11 is 3.18. The van der Waals surface area contributed by atoms with Crippen LogP contribution in [-0.2, 0) is 4.79 Å². The Labute approximate surface area is 112 Å². The highest BCUT2D eigenvalue weighted by Gasteiger charge is 2.16. The van der Waals surface area contributed by atoms with Gasteiger partial charge in [-0.15, -0.1) is 12.3 Å². The van der Waals surface area contributed by atoms with Crippen molar-refractivity contribution in [2.75, 3.05) is 5.32 Å². The second kappa shape index (κ2) is 6.14. The number of nitrogens with zero attached hydrogens (tertiary/aromatic N) is 1. The average molecular weight is 312 g/mol. The molecule has 1 rings (SSSR count). The van der Waals surface area contributed by atoms with Gasteiger partial charge in [0.05, 0.1) is 16.7 Å². The van der Waals surface area contributed by atoms with E-state index in [9.17, 15) is 14.9 Å². The summed E-state index contributed by atoms with van der Waals surface area (Å²) in [5, 5.41) is 13.1. The minimum atomic E-state index is -0.846. The molecule has 0 heterocycles. The monoisotopic (exact) mass is 311 g/mol. The quantitative estimate of drug-likeness (QED) is 0.502. The van der Waals surface area contributed by atoms with Gasteiger partial charge in [0.2, 0.25) is 5.91 Å². The molecule has 1 aromatic carbocycles. The van der Waals surface area contributed by atoms with Crippen LogP contribution in [0, 0.1) is 22.5 Å². The van der Waals surface area contributed by atoms with Crippen molar-refractivity contribution in [3.63, 3.8) is 0 Å². The van der Waals surface area contributed by atoms with Gasteiger partial charge < -0.3 is 11.1 Å². The van der Waals surface area contributed by atoms with Crippen LogP contribution in [-0.4, -0.2) is 16.9 Å². The molecule has 0 aliphatic heterocycles. The number of nitrogens with two attached hydrogens (primary N) is 1. The van der Waals surface area contributed by atoms with E-state index < -0.39 is 16.9 Å². The van der Waals surface area contributed by atoms with Gasteiger partial charge in [0.15, 0.2) is 0 Å². The van der Waals surface area contributed by atoms with Crippen molar-refractivity contribution in [3.8, 4) is 12.3 Å². The minimum Gasteiger partial charge on any atom is -0.323 e. The van der Waals surface area contributed by atoms with Gasteiger partial charge in [-0.2, -0.15) is 0 Å². The molecule has 1 aromatic rings. The van der Waals surface area contributed by atoms with Crippen LogP contribution in [0.4, 0.5) is 11.4 Å². The van der Waals surface area contributed by atoms with Gasteiger partial charge in [0, 0.05) is 23.0 Å². The number of hydrogen-bond donors (Lipinski definition) is 2. The maximum Gasteiger partial charge on any atom is 0.271 e. The standard InChI is InChI=1S/C11H10BrN3O3/c1-2-3-9(13)11(16)14-10-6-7(15(17)18)4-5-8(10)12/h1,4-6,9H,3,13H2,(H,14,16). The molecule has 0 saturated carbocycles. The van der Waals surface area contributed by atoms with Crippen molar-refractivity contribution >= 4 is 33.2 Å². The number of halogens is 1. The first kappa shape index (κ1) is 14.2. The summed E-state index contributed by atoms with van der Waals surface area (Å²) in [5.41, 5.74) is 5.67. The second-order valence-corrected chi connectivity index (χ2v) is 4.28. The summed E-state index contributed by atoms with van der Waals surface area (Å²) in [6.07, 6.45) is 5.14. The van der Waals surface area contributed by atoms with E-state index in [4.69, 9.17) is 12.2 Å². The van der Waals surface area contributed by atoms with E-state index in [1.807, 2.05) is 0 Å². The maximum atomic E-state index is 11.6. The highest BCUT2D eigenvalue weighted by atomic mass is 79.9. The maximum absolute atomic E-state index is 11.6. The van der Waals surface area contributed by atoms with Crippen LogP contribution < -0.4 is 11.1 Å². The second-order valence-electron chi connectivity index (χ2n) is 3.43. The predicted molar refractivity (Wildman–Crippen MR) is 70.9 cm³/mol. The molecule has 0 fully saturated rings. The SMILES string of the molecule is C#CCC(N)C(=O)Nc1cc([N+](=O)[O-])ccc1Br. The molecule has 0 aromatic heterocycles. The Balaban J connectivity index is 2.90. The molecule has 94 valence electrons. The number of benzene rings is 1. The topological polar surface area (TPSA) is 98.3 Å². The van der Waals surface area contributed by atoms with E-state index in [-0.39, 0.29) is 17.8 Å². The lowest BCUT2D eigenvalue weighted by molar-refractivity contribution is -0.384. The van der Waals surface area contributed by atoms with Crippen LogP contribution in [0.2, 0.25) is 0 Å². The molecule has 1 unspecified atom stereocenters. The minimum absolute atomic E-state index is 0.0956. The van der Waals surface area contributed by atoms with Crippen LogP contribution >= 0.6 is 15.9 Å². The van der Waals surface area contributed by atoms with Gasteiger partial charge >= 0.3 is 0 Å². The average Bonchev–Trinajstić information content (AvgIpc) is 2.31. The number of terminal acetylenes is 1. The molecule has 1 amide bonds. The number of rotatable bonds is 4. The zero-order valence-electron chi connectivity index (χ0n) is 9.22. The molecule has 0 aliphatic carbocycles. The van der Waals surface area contributed by atoms with Gasteiger partial charge in [0.25, 0.3) is 5.69 Å². The van der Waals surface area contributed by atoms with Crippen LogP contribution in [0.5, 0.6) is 0 Å². The number of hydrogen-bond acceptors (Lipinski definition) is 4. The third-order valence-electron chi connectivity index (χ3n) is 2.09. The number of anilines is 1. The normalized spacial score (nSPS) is 11.4. The summed E-state index contributed by atoms with van der Waals surface area (Å²) in [6, 6.07) is 3.19. The summed E-state index contributed by atoms with van der Waals surface area (Å²) in [5.74, 6) is 1.78. The molecule has 6 nitrogen and oxygen atoms in total. The molecule has 0 spiro atoms. The zero-order chi connectivity index (χ0) is 13.7. The Morgan fingerprint density at radius 3 is 2.89 bits per heavy atom. The van der Waals surface area contributed by atoms with Crippen molar-refractivity contribution in [3.05, 3.63) is 32.8 Å². The Hall–Kier alpha value is -1.91. The highest BCUT2D eigenvalue weighted by Crippen LogP contribution is 2.27. The van der Waals surface area contributed by atoms with Crippen LogP contribution in [0.25, 0.3) is 0 Å². The Bertz CT molecular complexity index is 525. The van der Waals surface area contributed by atoms with Crippen molar-refractivity contribution in [2.45, 2.75) is 12.5 Å². The third kappa shape index (κ3) is 3.55. The molecule has 7 heteroatoms. The molecule has 0 bridgehead atoms. The molecule has 0 aliphatic rings. The fourth-order valence-corrected chi connectivity index (χ4v) is 1.51. The number of carbonyl (C=O) groups excluding carboxylic acids is 1. The first-order chi connectivity index (χ1) is 8.45. The molecule has 18 heavy (non-hydrogen) atoms. The molecule has 0 saturated heterocycles. The van der Waals surface area contributed by atoms with Crippen molar-refractivity contribution < 1.29 is 9.72 Å². The number of non-ortho nitro benzene ring substituents is 1. The number of amides is 1. The lowest BCUT2D eigenvalue weighted by Gasteiger charge is -2.10. The fourth-order valence-electron chi connectivity index (χ4n) is 1.17. The van der Waals surface area contributed by atoms with Crippen molar-refractivity contribution in [1.82, 2.24) is 0 Å². The lowest BCUT2D eigenvalue weighted by atomic mass is 10.2. The van der Waals surface area contributed by atoms with E-state index >= 15 is 0 Å². The summed E-state index contributed by atoms with van der Waals surface area (Å²) in [7, 11) is 0. The van der Waals surface area contributed by atoms with Gasteiger partial charge in [0.1, 0.15) is 0 Å². The number of nitrogens with one attached hydrogen (secondary N) is 1. The molecular weight excluding hydrogens is 302 g/mol. The van der Waals surface area contributed by atoms with Gasteiger partial charge in [-0.3, -0.25) is 14.9 Å². The zero-order valence-corrected chi connectivity index (χ0v) is 10.8. The third-order valence-corrected chi connectivity index (χ3v) is 2.78. The summed E-state index contributed by atoms with van der Waals surface area (Å²) in [4.78, 5) is 21.7. The smallest absolute Gasteiger partial charge is 0.271 e. The molecule has 0 radical (unpaired) electrons. The van der Waals surface area contributed by atoms with Crippen molar-refractivity contribution in [2.24, 2.45) is 5.73 Å². The Kier molecular flexibility index (Phi) is 4.83. The largest absolute Gasteiger partial charge is 0.323 e. The van der Waals surface area contributed by atoms with Crippen LogP contribution in [0.15, 0.2) is 22.7 Å². The van der Waals surface area contributed by atoms with E-state index in [0.29, 0.717) is 4.47 Å². The van der Waals surface area contributed by atoms with Gasteiger partial charge in [-0.05, 0) is 22.0 Å². The van der Waals surface area contributed by atoms with Gasteiger partial charge in [-0.1, -0.05) is 0 Å². The fraction of sp³-hybridized carbons (Fsp3) is 0.182.